The SMILES string of the molecule is COC(=O)c1ccc(N2CC(CO)C2C#N)cc1. The summed E-state index contributed by atoms with van der Waals surface area (Å²) in [6.45, 7) is 0.682. The maximum atomic E-state index is 11.3. The van der Waals surface area contributed by atoms with Gasteiger partial charge < -0.3 is 14.7 Å². The van der Waals surface area contributed by atoms with Gasteiger partial charge in [-0.2, -0.15) is 5.26 Å². The number of nitrogens with zero attached hydrogens (tertiary/aromatic N) is 2. The van der Waals surface area contributed by atoms with Gasteiger partial charge in [-0.25, -0.2) is 4.79 Å². The number of aliphatic hydroxyl groups excluding tert-OH is 1. The lowest BCUT2D eigenvalue weighted by Crippen LogP contribution is -2.57. The number of benzene rings is 1. The van der Waals surface area contributed by atoms with E-state index < -0.39 is 0 Å². The van der Waals surface area contributed by atoms with Crippen molar-refractivity contribution in [1.29, 1.82) is 5.26 Å². The van der Waals surface area contributed by atoms with E-state index in [-0.39, 0.29) is 24.5 Å². The molecule has 0 spiro atoms. The minimum Gasteiger partial charge on any atom is -0.465 e. The molecule has 5 nitrogen and oxygen atoms in total. The molecule has 0 amide bonds. The number of carbonyl (C=O) groups excluding carboxylic acids is 1. The standard InChI is InChI=1S/C13H14N2O3/c1-18-13(17)9-2-4-11(5-3-9)15-7-10(8-16)12(15)6-14/h2-5,10,12,16H,7-8H2,1H3. The van der Waals surface area contributed by atoms with Crippen molar-refractivity contribution < 1.29 is 14.6 Å². The highest BCUT2D eigenvalue weighted by atomic mass is 16.5. The molecule has 2 unspecified atom stereocenters. The zero-order valence-electron chi connectivity index (χ0n) is 10.0. The summed E-state index contributed by atoms with van der Waals surface area (Å²) in [7, 11) is 1.34. The van der Waals surface area contributed by atoms with E-state index >= 15 is 0 Å². The predicted molar refractivity (Wildman–Crippen MR) is 65.1 cm³/mol. The van der Waals surface area contributed by atoms with Crippen LogP contribution in [0.25, 0.3) is 0 Å². The van der Waals surface area contributed by atoms with Gasteiger partial charge in [0.1, 0.15) is 6.04 Å². The lowest BCUT2D eigenvalue weighted by molar-refractivity contribution is 0.0601. The molecular formula is C13H14N2O3. The highest BCUT2D eigenvalue weighted by molar-refractivity contribution is 5.89. The summed E-state index contributed by atoms with van der Waals surface area (Å²) < 4.78 is 4.62. The zero-order chi connectivity index (χ0) is 13.1. The molecule has 0 saturated carbocycles. The fourth-order valence-corrected chi connectivity index (χ4v) is 2.09. The van der Waals surface area contributed by atoms with Gasteiger partial charge in [-0.3, -0.25) is 0 Å². The fourth-order valence-electron chi connectivity index (χ4n) is 2.09. The summed E-state index contributed by atoms with van der Waals surface area (Å²) in [5.74, 6) is -0.370. The van der Waals surface area contributed by atoms with Crippen LogP contribution in [0.15, 0.2) is 24.3 Å². The third kappa shape index (κ3) is 2.03. The van der Waals surface area contributed by atoms with E-state index in [0.717, 1.165) is 5.69 Å². The van der Waals surface area contributed by atoms with E-state index in [1.807, 2.05) is 4.90 Å². The first-order valence-corrected chi connectivity index (χ1v) is 5.66. The highest BCUT2D eigenvalue weighted by Crippen LogP contribution is 2.30. The van der Waals surface area contributed by atoms with Crippen LogP contribution in [0.5, 0.6) is 0 Å². The molecule has 1 aliphatic heterocycles. The Kier molecular flexibility index (Phi) is 3.49. The molecule has 1 aromatic rings. The summed E-state index contributed by atoms with van der Waals surface area (Å²) >= 11 is 0. The lowest BCUT2D eigenvalue weighted by Gasteiger charge is -2.45. The molecule has 0 aliphatic carbocycles. The second-order valence-electron chi connectivity index (χ2n) is 4.21. The van der Waals surface area contributed by atoms with Gasteiger partial charge >= 0.3 is 5.97 Å². The molecule has 1 N–H and O–H groups in total. The molecule has 18 heavy (non-hydrogen) atoms. The summed E-state index contributed by atoms with van der Waals surface area (Å²) in [5.41, 5.74) is 1.35. The van der Waals surface area contributed by atoms with Crippen molar-refractivity contribution in [2.24, 2.45) is 5.92 Å². The van der Waals surface area contributed by atoms with E-state index in [4.69, 9.17) is 10.4 Å². The minimum atomic E-state index is -0.379. The van der Waals surface area contributed by atoms with Crippen molar-refractivity contribution in [3.8, 4) is 6.07 Å². The topological polar surface area (TPSA) is 73.6 Å². The van der Waals surface area contributed by atoms with Crippen molar-refractivity contribution in [2.75, 3.05) is 25.2 Å². The Balaban J connectivity index is 2.12. The second-order valence-corrected chi connectivity index (χ2v) is 4.21. The van der Waals surface area contributed by atoms with Crippen LogP contribution >= 0.6 is 0 Å². The average molecular weight is 246 g/mol. The van der Waals surface area contributed by atoms with E-state index in [1.54, 1.807) is 24.3 Å². The van der Waals surface area contributed by atoms with Crippen molar-refractivity contribution in [2.45, 2.75) is 6.04 Å². The van der Waals surface area contributed by atoms with E-state index in [2.05, 4.69) is 10.8 Å². The van der Waals surface area contributed by atoms with Gasteiger partial charge in [-0.1, -0.05) is 0 Å². The summed E-state index contributed by atoms with van der Waals surface area (Å²) in [6.07, 6.45) is 0. The van der Waals surface area contributed by atoms with Gasteiger partial charge in [0, 0.05) is 18.2 Å². The first-order chi connectivity index (χ1) is 8.71. The number of aliphatic hydroxyl groups is 1. The molecule has 1 fully saturated rings. The van der Waals surface area contributed by atoms with E-state index in [0.29, 0.717) is 12.1 Å². The molecule has 2 atom stereocenters. The van der Waals surface area contributed by atoms with Crippen LogP contribution in [-0.4, -0.2) is 37.4 Å². The van der Waals surface area contributed by atoms with Crippen LogP contribution in [-0.2, 0) is 4.74 Å². The van der Waals surface area contributed by atoms with Gasteiger partial charge in [0.15, 0.2) is 0 Å². The molecule has 2 rings (SSSR count). The molecule has 5 heteroatoms. The van der Waals surface area contributed by atoms with Crippen molar-refractivity contribution in [1.82, 2.24) is 0 Å². The lowest BCUT2D eigenvalue weighted by atomic mass is 9.89. The van der Waals surface area contributed by atoms with Crippen LogP contribution in [0, 0.1) is 17.2 Å². The van der Waals surface area contributed by atoms with Crippen molar-refractivity contribution in [3.63, 3.8) is 0 Å². The zero-order valence-corrected chi connectivity index (χ0v) is 10.0. The second kappa shape index (κ2) is 5.07. The Bertz CT molecular complexity index is 478. The van der Waals surface area contributed by atoms with E-state index in [9.17, 15) is 4.79 Å². The Labute approximate surface area is 105 Å². The van der Waals surface area contributed by atoms with Gasteiger partial charge in [0.2, 0.25) is 0 Å². The number of nitriles is 1. The molecule has 1 heterocycles. The average Bonchev–Trinajstić information content (AvgIpc) is 2.38. The highest BCUT2D eigenvalue weighted by Gasteiger charge is 2.38. The van der Waals surface area contributed by atoms with Crippen molar-refractivity contribution in [3.05, 3.63) is 29.8 Å². The van der Waals surface area contributed by atoms with Gasteiger partial charge in [0.05, 0.1) is 25.3 Å². The Morgan fingerprint density at radius 3 is 2.72 bits per heavy atom. The number of hydrogen-bond acceptors (Lipinski definition) is 5. The molecule has 1 saturated heterocycles. The molecule has 1 aliphatic rings. The minimum absolute atomic E-state index is 0.00952. The Morgan fingerprint density at radius 1 is 1.56 bits per heavy atom. The Morgan fingerprint density at radius 2 is 2.22 bits per heavy atom. The van der Waals surface area contributed by atoms with Crippen LogP contribution < -0.4 is 4.90 Å². The maximum Gasteiger partial charge on any atom is 0.337 e. The fraction of sp³-hybridized carbons (Fsp3) is 0.385. The first kappa shape index (κ1) is 12.4. The number of hydrogen-bond donors (Lipinski definition) is 1. The van der Waals surface area contributed by atoms with Gasteiger partial charge in [0.25, 0.3) is 0 Å². The summed E-state index contributed by atoms with van der Waals surface area (Å²) in [4.78, 5) is 13.2. The van der Waals surface area contributed by atoms with E-state index in [1.165, 1.54) is 7.11 Å². The van der Waals surface area contributed by atoms with Crippen molar-refractivity contribution >= 4 is 11.7 Å². The Hall–Kier alpha value is -2.06. The van der Waals surface area contributed by atoms with Crippen LogP contribution in [0.1, 0.15) is 10.4 Å². The van der Waals surface area contributed by atoms with Crippen LogP contribution in [0.4, 0.5) is 5.69 Å². The number of carbonyl (C=O) groups is 1. The summed E-state index contributed by atoms with van der Waals surface area (Å²) in [6, 6.07) is 8.78. The van der Waals surface area contributed by atoms with Gasteiger partial charge in [-0.05, 0) is 24.3 Å². The number of methoxy groups -OCH3 is 1. The predicted octanol–water partition coefficient (Wildman–Crippen LogP) is 0.794. The number of esters is 1. The molecule has 94 valence electrons. The third-order valence-electron chi connectivity index (χ3n) is 3.20. The molecular weight excluding hydrogens is 232 g/mol. The monoisotopic (exact) mass is 246 g/mol. The third-order valence-corrected chi connectivity index (χ3v) is 3.20. The van der Waals surface area contributed by atoms with Crippen LogP contribution in [0.3, 0.4) is 0 Å². The largest absolute Gasteiger partial charge is 0.465 e. The smallest absolute Gasteiger partial charge is 0.337 e. The quantitative estimate of drug-likeness (QED) is 0.798. The van der Waals surface area contributed by atoms with Gasteiger partial charge in [-0.15, -0.1) is 0 Å². The van der Waals surface area contributed by atoms with Crippen LogP contribution in [0.2, 0.25) is 0 Å². The number of rotatable bonds is 3. The molecule has 1 aromatic carbocycles. The molecule has 0 bridgehead atoms. The molecule has 0 aromatic heterocycles. The first-order valence-electron chi connectivity index (χ1n) is 5.66. The number of anilines is 1. The molecule has 0 radical (unpaired) electrons. The number of ether oxygens (including phenoxy) is 1. The maximum absolute atomic E-state index is 11.3. The summed E-state index contributed by atoms with van der Waals surface area (Å²) in [5, 5.41) is 18.1. The normalized spacial score (nSPS) is 21.9.